The van der Waals surface area contributed by atoms with Crippen LogP contribution in [0.4, 0.5) is 0 Å². The van der Waals surface area contributed by atoms with Gasteiger partial charge in [-0.1, -0.05) is 36.0 Å². The molecule has 0 saturated carbocycles. The molecule has 2 aromatic rings. The molecule has 2 N–H and O–H groups in total. The molecule has 2 aromatic carbocycles. The van der Waals surface area contributed by atoms with Crippen LogP contribution < -0.4 is 0 Å². The van der Waals surface area contributed by atoms with Crippen molar-refractivity contribution in [3.05, 3.63) is 57.6 Å². The van der Waals surface area contributed by atoms with Gasteiger partial charge in [-0.25, -0.2) is 0 Å². The summed E-state index contributed by atoms with van der Waals surface area (Å²) in [6.45, 7) is 3.57. The number of nitrogens with zero attached hydrogens (tertiary/aromatic N) is 1. The molecule has 0 spiro atoms. The summed E-state index contributed by atoms with van der Waals surface area (Å²) in [4.78, 5) is 3.13. The molecule has 0 saturated heterocycles. The number of hydrogen-bond acceptors (Lipinski definition) is 3. The third-order valence-electron chi connectivity index (χ3n) is 4.71. The zero-order valence-electron chi connectivity index (χ0n) is 14.3. The summed E-state index contributed by atoms with van der Waals surface area (Å²) in [5, 5.41) is 20.1. The average Bonchev–Trinajstić information content (AvgIpc) is 2.57. The monoisotopic (exact) mass is 375 g/mol. The zero-order valence-corrected chi connectivity index (χ0v) is 15.8. The van der Waals surface area contributed by atoms with Crippen LogP contribution in [0.15, 0.2) is 30.3 Å². The lowest BCUT2D eigenvalue weighted by molar-refractivity contribution is 0.377. The summed E-state index contributed by atoms with van der Waals surface area (Å²) in [7, 11) is 0. The van der Waals surface area contributed by atoms with Gasteiger partial charge in [0, 0.05) is 18.1 Å². The minimum atomic E-state index is -0.0690. The maximum atomic E-state index is 9.70. The molecule has 0 atom stereocenters. The number of phenolic OH excluding ortho intramolecular Hbond substituents is 2. The summed E-state index contributed by atoms with van der Waals surface area (Å²) in [5.41, 5.74) is 4.45. The van der Waals surface area contributed by atoms with Crippen LogP contribution in [0.3, 0.4) is 0 Å². The summed E-state index contributed by atoms with van der Waals surface area (Å²) in [6.07, 6.45) is 3.55. The summed E-state index contributed by atoms with van der Waals surface area (Å²) in [6, 6.07) is 9.48. The van der Waals surface area contributed by atoms with E-state index in [1.54, 1.807) is 12.1 Å². The van der Waals surface area contributed by atoms with E-state index in [1.165, 1.54) is 11.1 Å². The average molecular weight is 376 g/mol. The highest BCUT2D eigenvalue weighted by Crippen LogP contribution is 2.31. The van der Waals surface area contributed by atoms with Crippen molar-refractivity contribution in [1.82, 2.24) is 4.90 Å². The van der Waals surface area contributed by atoms with Gasteiger partial charge in [0.2, 0.25) is 0 Å². The first-order chi connectivity index (χ1) is 11.9. The first kappa shape index (κ1) is 18.0. The second kappa shape index (κ2) is 7.63. The SMILES string of the molecule is Cc1ccc(CCCC(=S)N2CCc3cc(O)c(O)cc3C2)c(Cl)c1. The van der Waals surface area contributed by atoms with Crippen LogP contribution in [0.1, 0.15) is 35.1 Å². The molecule has 0 fully saturated rings. The highest BCUT2D eigenvalue weighted by atomic mass is 35.5. The Morgan fingerprint density at radius 1 is 1.16 bits per heavy atom. The molecule has 3 nitrogen and oxygen atoms in total. The molecule has 1 aliphatic heterocycles. The van der Waals surface area contributed by atoms with E-state index in [9.17, 15) is 10.2 Å². The normalized spacial score (nSPS) is 13.6. The minimum Gasteiger partial charge on any atom is -0.504 e. The molecule has 25 heavy (non-hydrogen) atoms. The third kappa shape index (κ3) is 4.25. The molecule has 0 bridgehead atoms. The molecule has 0 aliphatic carbocycles. The standard InChI is InChI=1S/C20H22ClNO2S/c1-13-5-6-14(17(21)9-13)3-2-4-20(25)22-8-7-15-10-18(23)19(24)11-16(15)12-22/h5-6,9-11,23-24H,2-4,7-8,12H2,1H3. The number of phenols is 2. The van der Waals surface area contributed by atoms with Gasteiger partial charge >= 0.3 is 0 Å². The Bertz CT molecular complexity index is 807. The van der Waals surface area contributed by atoms with Crippen LogP contribution in [0.2, 0.25) is 5.02 Å². The van der Waals surface area contributed by atoms with Crippen molar-refractivity contribution < 1.29 is 10.2 Å². The second-order valence-electron chi connectivity index (χ2n) is 6.62. The number of rotatable bonds is 4. The summed E-state index contributed by atoms with van der Waals surface area (Å²) in [5.74, 6) is -0.120. The Balaban J connectivity index is 1.56. The number of thiocarbonyl (C=S) groups is 1. The Kier molecular flexibility index (Phi) is 5.50. The topological polar surface area (TPSA) is 43.7 Å². The van der Waals surface area contributed by atoms with Gasteiger partial charge in [0.15, 0.2) is 11.5 Å². The molecule has 5 heteroatoms. The predicted molar refractivity (Wildman–Crippen MR) is 106 cm³/mol. The van der Waals surface area contributed by atoms with Crippen LogP contribution >= 0.6 is 23.8 Å². The van der Waals surface area contributed by atoms with Gasteiger partial charge in [0.05, 0.1) is 4.99 Å². The van der Waals surface area contributed by atoms with Crippen molar-refractivity contribution in [2.75, 3.05) is 6.54 Å². The second-order valence-corrected chi connectivity index (χ2v) is 7.50. The van der Waals surface area contributed by atoms with Crippen LogP contribution in [-0.4, -0.2) is 26.6 Å². The number of aryl methyl sites for hydroxylation is 2. The molecule has 0 amide bonds. The highest BCUT2D eigenvalue weighted by molar-refractivity contribution is 7.80. The number of aromatic hydroxyl groups is 2. The van der Waals surface area contributed by atoms with Gasteiger partial charge < -0.3 is 15.1 Å². The van der Waals surface area contributed by atoms with E-state index in [4.69, 9.17) is 23.8 Å². The van der Waals surface area contributed by atoms with Crippen molar-refractivity contribution in [3.8, 4) is 11.5 Å². The van der Waals surface area contributed by atoms with E-state index in [0.29, 0.717) is 6.54 Å². The molecule has 1 aliphatic rings. The number of halogens is 1. The van der Waals surface area contributed by atoms with Crippen LogP contribution in [0.25, 0.3) is 0 Å². The molecule has 0 radical (unpaired) electrons. The lowest BCUT2D eigenvalue weighted by Crippen LogP contribution is -2.34. The fourth-order valence-corrected chi connectivity index (χ4v) is 3.87. The van der Waals surface area contributed by atoms with Gasteiger partial charge in [-0.3, -0.25) is 0 Å². The third-order valence-corrected chi connectivity index (χ3v) is 5.52. The van der Waals surface area contributed by atoms with Crippen molar-refractivity contribution in [2.24, 2.45) is 0 Å². The Morgan fingerprint density at radius 2 is 1.88 bits per heavy atom. The number of hydrogen-bond donors (Lipinski definition) is 2. The molecule has 0 aromatic heterocycles. The predicted octanol–water partition coefficient (Wildman–Crippen LogP) is 4.77. The Morgan fingerprint density at radius 3 is 2.60 bits per heavy atom. The molecule has 1 heterocycles. The van der Waals surface area contributed by atoms with E-state index in [0.717, 1.165) is 53.4 Å². The number of benzene rings is 2. The zero-order chi connectivity index (χ0) is 18.0. The van der Waals surface area contributed by atoms with Crippen LogP contribution in [0.5, 0.6) is 11.5 Å². The Hall–Kier alpha value is -1.78. The Labute approximate surface area is 158 Å². The minimum absolute atomic E-state index is 0.0512. The van der Waals surface area contributed by atoms with E-state index < -0.39 is 0 Å². The number of fused-ring (bicyclic) bond motifs is 1. The van der Waals surface area contributed by atoms with Crippen LogP contribution in [0, 0.1) is 6.92 Å². The van der Waals surface area contributed by atoms with Gasteiger partial charge in [0.25, 0.3) is 0 Å². The van der Waals surface area contributed by atoms with Crippen LogP contribution in [-0.2, 0) is 19.4 Å². The summed E-state index contributed by atoms with van der Waals surface area (Å²) >= 11 is 11.9. The molecular formula is C20H22ClNO2S. The van der Waals surface area contributed by atoms with Gasteiger partial charge in [0.1, 0.15) is 0 Å². The van der Waals surface area contributed by atoms with E-state index in [2.05, 4.69) is 17.0 Å². The molecule has 0 unspecified atom stereocenters. The van der Waals surface area contributed by atoms with Crippen molar-refractivity contribution in [1.29, 1.82) is 0 Å². The van der Waals surface area contributed by atoms with Crippen molar-refractivity contribution >= 4 is 28.8 Å². The molecule has 132 valence electrons. The van der Waals surface area contributed by atoms with Gasteiger partial charge in [-0.2, -0.15) is 0 Å². The largest absolute Gasteiger partial charge is 0.504 e. The van der Waals surface area contributed by atoms with E-state index >= 15 is 0 Å². The maximum Gasteiger partial charge on any atom is 0.157 e. The summed E-state index contributed by atoms with van der Waals surface area (Å²) < 4.78 is 0. The van der Waals surface area contributed by atoms with Crippen molar-refractivity contribution in [2.45, 2.75) is 39.2 Å². The first-order valence-electron chi connectivity index (χ1n) is 8.50. The van der Waals surface area contributed by atoms with Gasteiger partial charge in [-0.05, 0) is 73.1 Å². The van der Waals surface area contributed by atoms with E-state index in [1.807, 2.05) is 13.0 Å². The quantitative estimate of drug-likeness (QED) is 0.596. The van der Waals surface area contributed by atoms with Gasteiger partial charge in [-0.15, -0.1) is 0 Å². The van der Waals surface area contributed by atoms with E-state index in [-0.39, 0.29) is 11.5 Å². The maximum absolute atomic E-state index is 9.70. The fraction of sp³-hybridized carbons (Fsp3) is 0.350. The lowest BCUT2D eigenvalue weighted by atomic mass is 9.98. The molecule has 3 rings (SSSR count). The first-order valence-corrected chi connectivity index (χ1v) is 9.29. The molecular weight excluding hydrogens is 354 g/mol. The fourth-order valence-electron chi connectivity index (χ4n) is 3.24. The highest BCUT2D eigenvalue weighted by Gasteiger charge is 2.20. The lowest BCUT2D eigenvalue weighted by Gasteiger charge is -2.31. The van der Waals surface area contributed by atoms with Crippen molar-refractivity contribution in [3.63, 3.8) is 0 Å². The smallest absolute Gasteiger partial charge is 0.157 e.